The molecule has 33 heavy (non-hydrogen) atoms. The fraction of sp³-hybridized carbons (Fsp3) is 0.160. The Morgan fingerprint density at radius 2 is 1.79 bits per heavy atom. The van der Waals surface area contributed by atoms with Crippen molar-refractivity contribution in [2.45, 2.75) is 13.8 Å². The van der Waals surface area contributed by atoms with E-state index in [-0.39, 0.29) is 11.5 Å². The summed E-state index contributed by atoms with van der Waals surface area (Å²) in [6.45, 7) is 4.86. The van der Waals surface area contributed by atoms with Crippen LogP contribution in [0.2, 0.25) is 0 Å². The molecule has 1 fully saturated rings. The number of carbonyl (C=O) groups excluding carboxylic acids is 1. The summed E-state index contributed by atoms with van der Waals surface area (Å²) < 4.78 is 3.33. The van der Waals surface area contributed by atoms with Crippen LogP contribution in [-0.2, 0) is 4.79 Å². The van der Waals surface area contributed by atoms with Gasteiger partial charge < -0.3 is 4.90 Å². The largest absolute Gasteiger partial charge is 0.340 e. The van der Waals surface area contributed by atoms with Gasteiger partial charge in [-0.15, -0.1) is 11.3 Å². The van der Waals surface area contributed by atoms with Gasteiger partial charge >= 0.3 is 0 Å². The van der Waals surface area contributed by atoms with Crippen molar-refractivity contribution in [3.63, 3.8) is 0 Å². The second-order valence-electron chi connectivity index (χ2n) is 7.80. The first-order valence-electron chi connectivity index (χ1n) is 10.5. The highest BCUT2D eigenvalue weighted by atomic mass is 32.2. The van der Waals surface area contributed by atoms with Crippen molar-refractivity contribution in [1.29, 1.82) is 0 Å². The minimum absolute atomic E-state index is 0.142. The van der Waals surface area contributed by atoms with Crippen LogP contribution in [0.25, 0.3) is 22.4 Å². The lowest BCUT2D eigenvalue weighted by Crippen LogP contribution is -2.36. The van der Waals surface area contributed by atoms with Gasteiger partial charge in [0, 0.05) is 19.3 Å². The average molecular weight is 492 g/mol. The van der Waals surface area contributed by atoms with Crippen molar-refractivity contribution < 1.29 is 4.79 Å². The van der Waals surface area contributed by atoms with Gasteiger partial charge in [0.1, 0.15) is 18.4 Å². The molecule has 5 rings (SSSR count). The molecule has 2 aliphatic rings. The second-order valence-corrected chi connectivity index (χ2v) is 10.4. The van der Waals surface area contributed by atoms with Crippen LogP contribution in [0, 0.1) is 6.92 Å². The van der Waals surface area contributed by atoms with Crippen molar-refractivity contribution in [3.05, 3.63) is 85.3 Å². The Morgan fingerprint density at radius 1 is 1.03 bits per heavy atom. The summed E-state index contributed by atoms with van der Waals surface area (Å²) in [6.07, 6.45) is 4.06. The summed E-state index contributed by atoms with van der Waals surface area (Å²) >= 11 is 7.94. The number of aryl methyl sites for hydroxylation is 1. The molecular formula is C25H21N3O2S3. The highest BCUT2D eigenvalue weighted by molar-refractivity contribution is 8.30. The van der Waals surface area contributed by atoms with Crippen LogP contribution >= 0.6 is 35.3 Å². The van der Waals surface area contributed by atoms with Crippen LogP contribution in [-0.4, -0.2) is 33.3 Å². The number of likely N-dealkylation sites (N-methyl/N-ethyl adjacent to an activating group) is 1. The number of fused-ring (bicyclic) bond motifs is 1. The van der Waals surface area contributed by atoms with Gasteiger partial charge in [-0.05, 0) is 49.8 Å². The Balaban J connectivity index is 1.87. The molecule has 0 unspecified atom stereocenters. The van der Waals surface area contributed by atoms with Crippen molar-refractivity contribution >= 4 is 67.9 Å². The number of anilines is 1. The third kappa shape index (κ3) is 3.58. The van der Waals surface area contributed by atoms with Crippen LogP contribution in [0.1, 0.15) is 18.1 Å². The number of benzene rings is 2. The Kier molecular flexibility index (Phi) is 5.60. The fourth-order valence-electron chi connectivity index (χ4n) is 4.05. The van der Waals surface area contributed by atoms with Gasteiger partial charge in [0.25, 0.3) is 11.5 Å². The maximum Gasteiger partial charge on any atom is 0.275 e. The zero-order valence-electron chi connectivity index (χ0n) is 18.4. The van der Waals surface area contributed by atoms with E-state index in [1.807, 2.05) is 36.4 Å². The van der Waals surface area contributed by atoms with Crippen molar-refractivity contribution in [2.75, 3.05) is 18.5 Å². The zero-order chi connectivity index (χ0) is 23.3. The predicted octanol–water partition coefficient (Wildman–Crippen LogP) is 3.47. The quantitative estimate of drug-likeness (QED) is 0.514. The van der Waals surface area contributed by atoms with Crippen LogP contribution in [0.3, 0.4) is 0 Å². The van der Waals surface area contributed by atoms with Gasteiger partial charge in [0.15, 0.2) is 0 Å². The van der Waals surface area contributed by atoms with E-state index >= 15 is 0 Å². The van der Waals surface area contributed by atoms with Gasteiger partial charge in [-0.3, -0.25) is 19.1 Å². The van der Waals surface area contributed by atoms with Crippen molar-refractivity contribution in [2.24, 2.45) is 0 Å². The van der Waals surface area contributed by atoms with E-state index in [9.17, 15) is 9.59 Å². The fourth-order valence-corrected chi connectivity index (χ4v) is 6.55. The van der Waals surface area contributed by atoms with Gasteiger partial charge in [-0.2, -0.15) is 0 Å². The van der Waals surface area contributed by atoms with E-state index in [1.54, 1.807) is 11.6 Å². The number of hydrogen-bond acceptors (Lipinski definition) is 6. The molecule has 5 nitrogen and oxygen atoms in total. The lowest BCUT2D eigenvalue weighted by Gasteiger charge is -2.29. The highest BCUT2D eigenvalue weighted by Crippen LogP contribution is 2.32. The van der Waals surface area contributed by atoms with Gasteiger partial charge in [-0.1, -0.05) is 59.9 Å². The summed E-state index contributed by atoms with van der Waals surface area (Å²) in [6, 6.07) is 15.8. The first kappa shape index (κ1) is 21.9. The molecule has 0 atom stereocenters. The first-order valence-corrected chi connectivity index (χ1v) is 12.6. The molecule has 8 heteroatoms. The Bertz CT molecular complexity index is 1520. The molecule has 1 aromatic heterocycles. The molecule has 3 heterocycles. The third-order valence-electron chi connectivity index (χ3n) is 5.70. The summed E-state index contributed by atoms with van der Waals surface area (Å²) in [7, 11) is 1.67. The molecule has 0 aliphatic carbocycles. The number of thiazole rings is 1. The monoisotopic (exact) mass is 491 g/mol. The van der Waals surface area contributed by atoms with Crippen molar-refractivity contribution in [3.8, 4) is 5.69 Å². The molecule has 166 valence electrons. The molecule has 0 bridgehead atoms. The molecular weight excluding hydrogens is 470 g/mol. The zero-order valence-corrected chi connectivity index (χ0v) is 20.8. The van der Waals surface area contributed by atoms with Gasteiger partial charge in [0.05, 0.1) is 11.4 Å². The lowest BCUT2D eigenvalue weighted by molar-refractivity contribution is -0.119. The molecule has 1 amide bonds. The van der Waals surface area contributed by atoms with E-state index in [0.29, 0.717) is 25.0 Å². The number of nitrogens with zero attached hydrogens (tertiary/aromatic N) is 3. The number of carbonyl (C=O) groups is 1. The van der Waals surface area contributed by atoms with E-state index in [1.165, 1.54) is 33.6 Å². The van der Waals surface area contributed by atoms with Gasteiger partial charge in [-0.25, -0.2) is 0 Å². The topological polar surface area (TPSA) is 45.5 Å². The van der Waals surface area contributed by atoms with E-state index in [4.69, 9.17) is 12.2 Å². The highest BCUT2D eigenvalue weighted by Gasteiger charge is 2.32. The van der Waals surface area contributed by atoms with E-state index in [2.05, 4.69) is 43.0 Å². The minimum atomic E-state index is -0.181. The number of hydrogen-bond donors (Lipinski definition) is 0. The molecule has 0 saturated carbocycles. The first-order chi connectivity index (χ1) is 15.9. The average Bonchev–Trinajstić information content (AvgIpc) is 3.29. The molecule has 0 N–H and O–H groups in total. The summed E-state index contributed by atoms with van der Waals surface area (Å²) in [5.74, 6) is -0.181. The maximum atomic E-state index is 13.9. The molecule has 0 spiro atoms. The Labute approximate surface area is 205 Å². The van der Waals surface area contributed by atoms with Gasteiger partial charge in [0.2, 0.25) is 0 Å². The molecule has 2 aliphatic heterocycles. The molecule has 0 radical (unpaired) electrons. The smallest absolute Gasteiger partial charge is 0.275 e. The lowest BCUT2D eigenvalue weighted by atomic mass is 10.0. The number of thioether (sulfide) groups is 1. The van der Waals surface area contributed by atoms with Crippen LogP contribution < -0.4 is 19.7 Å². The minimum Gasteiger partial charge on any atom is -0.340 e. The van der Waals surface area contributed by atoms with Crippen LogP contribution in [0.15, 0.2) is 59.4 Å². The number of thiocarbonyl (C=S) groups is 1. The van der Waals surface area contributed by atoms with E-state index in [0.717, 1.165) is 22.6 Å². The number of rotatable bonds is 2. The molecule has 2 aromatic carbocycles. The third-order valence-corrected chi connectivity index (χ3v) is 8.55. The Hall–Kier alpha value is -2.94. The van der Waals surface area contributed by atoms with Crippen molar-refractivity contribution in [1.82, 2.24) is 9.47 Å². The molecule has 3 aromatic rings. The number of aromatic nitrogens is 1. The molecule has 1 saturated heterocycles. The number of amides is 1. The Morgan fingerprint density at radius 3 is 2.45 bits per heavy atom. The number of para-hydroxylation sites is 1. The standard InChI is InChI=1S/C25H21N3O2S3/c1-4-27-18-12-10-15(2)14-16(18)11-13-19(27)20-23(30)28(17-8-6-5-7-9-17)24(32-20)21-22(29)26(3)25(31)33-21/h5-14H,4H2,1-3H3/b20-19+,24-21+. The summed E-state index contributed by atoms with van der Waals surface area (Å²) in [5.41, 5.74) is 4.81. The summed E-state index contributed by atoms with van der Waals surface area (Å²) in [4.78, 5) is 30.9. The van der Waals surface area contributed by atoms with Crippen LogP contribution in [0.5, 0.6) is 0 Å². The SMILES string of the molecule is CCN1/C(=c2/s/c(=C3/SC(=S)N(C)C3=O)n(-c3ccccc3)c2=O)C=Cc2cc(C)ccc21. The van der Waals surface area contributed by atoms with Crippen LogP contribution in [0.4, 0.5) is 5.69 Å². The second kappa shape index (κ2) is 8.44. The van der Waals surface area contributed by atoms with E-state index < -0.39 is 0 Å². The summed E-state index contributed by atoms with van der Waals surface area (Å²) in [5, 5.41) is 0. The maximum absolute atomic E-state index is 13.9. The normalized spacial score (nSPS) is 18.9. The predicted molar refractivity (Wildman–Crippen MR) is 142 cm³/mol.